The van der Waals surface area contributed by atoms with E-state index in [1.807, 2.05) is 36.0 Å². The van der Waals surface area contributed by atoms with Crippen molar-refractivity contribution in [3.8, 4) is 0 Å². The van der Waals surface area contributed by atoms with Crippen LogP contribution in [0.15, 0.2) is 29.2 Å². The molecule has 0 bridgehead atoms. The molecule has 0 radical (unpaired) electrons. The minimum atomic E-state index is -0.756. The zero-order valence-corrected chi connectivity index (χ0v) is 8.59. The van der Waals surface area contributed by atoms with Crippen LogP contribution in [0, 0.1) is 0 Å². The van der Waals surface area contributed by atoms with Crippen LogP contribution >= 0.6 is 11.8 Å². The molecular formula is C11H12O2S. The molecule has 0 aromatic heterocycles. The van der Waals surface area contributed by atoms with Gasteiger partial charge < -0.3 is 5.11 Å². The summed E-state index contributed by atoms with van der Waals surface area (Å²) in [6, 6.07) is 7.78. The van der Waals surface area contributed by atoms with E-state index < -0.39 is 5.97 Å². The summed E-state index contributed by atoms with van der Waals surface area (Å²) in [6.07, 6.45) is 2.67. The highest BCUT2D eigenvalue weighted by atomic mass is 32.2. The first kappa shape index (κ1) is 9.59. The predicted molar refractivity (Wildman–Crippen MR) is 56.7 cm³/mol. The Hall–Kier alpha value is -0.960. The number of carboxylic acid groups (broad SMARTS) is 1. The summed E-state index contributed by atoms with van der Waals surface area (Å²) >= 11 is 1.81. The van der Waals surface area contributed by atoms with Gasteiger partial charge in [-0.2, -0.15) is 0 Å². The molecule has 1 aliphatic carbocycles. The lowest BCUT2D eigenvalue weighted by Gasteiger charge is -2.05. The smallest absolute Gasteiger partial charge is 0.307 e. The summed E-state index contributed by atoms with van der Waals surface area (Å²) in [7, 11) is 0. The molecule has 1 aromatic carbocycles. The van der Waals surface area contributed by atoms with E-state index in [1.165, 1.54) is 12.8 Å². The van der Waals surface area contributed by atoms with E-state index in [2.05, 4.69) is 0 Å². The van der Waals surface area contributed by atoms with Gasteiger partial charge in [-0.3, -0.25) is 4.79 Å². The minimum absolute atomic E-state index is 0.135. The van der Waals surface area contributed by atoms with Gasteiger partial charge >= 0.3 is 5.97 Å². The summed E-state index contributed by atoms with van der Waals surface area (Å²) in [5.74, 6) is -0.756. The van der Waals surface area contributed by atoms with Crippen molar-refractivity contribution in [1.29, 1.82) is 0 Å². The fourth-order valence-corrected chi connectivity index (χ4v) is 2.47. The Morgan fingerprint density at radius 2 is 2.14 bits per heavy atom. The topological polar surface area (TPSA) is 37.3 Å². The molecule has 0 heterocycles. The zero-order chi connectivity index (χ0) is 9.97. The van der Waals surface area contributed by atoms with Crippen LogP contribution in [0.25, 0.3) is 0 Å². The van der Waals surface area contributed by atoms with Crippen molar-refractivity contribution in [2.24, 2.45) is 0 Å². The van der Waals surface area contributed by atoms with Gasteiger partial charge in [-0.15, -0.1) is 11.8 Å². The second-order valence-electron chi connectivity index (χ2n) is 3.50. The Morgan fingerprint density at radius 1 is 1.43 bits per heavy atom. The maximum absolute atomic E-state index is 10.6. The van der Waals surface area contributed by atoms with Crippen LogP contribution in [0.1, 0.15) is 18.4 Å². The molecule has 1 fully saturated rings. The second kappa shape index (κ2) is 4.05. The third-order valence-corrected chi connectivity index (χ3v) is 3.59. The zero-order valence-electron chi connectivity index (χ0n) is 7.77. The molecule has 2 rings (SSSR count). The highest BCUT2D eigenvalue weighted by Gasteiger charge is 2.23. The standard InChI is InChI=1S/C11H12O2S/c12-11(13)7-8-3-1-2-4-10(8)14-9-5-6-9/h1-4,9H,5-7H2,(H,12,13). The number of rotatable bonds is 4. The van der Waals surface area contributed by atoms with Crippen LogP contribution in [-0.4, -0.2) is 16.3 Å². The molecule has 1 aromatic rings. The number of hydrogen-bond acceptors (Lipinski definition) is 2. The Kier molecular flexibility index (Phi) is 2.77. The van der Waals surface area contributed by atoms with E-state index >= 15 is 0 Å². The number of carboxylic acids is 1. The first-order valence-corrected chi connectivity index (χ1v) is 5.60. The van der Waals surface area contributed by atoms with Gasteiger partial charge in [-0.05, 0) is 24.5 Å². The van der Waals surface area contributed by atoms with Crippen molar-refractivity contribution in [1.82, 2.24) is 0 Å². The lowest BCUT2D eigenvalue weighted by Crippen LogP contribution is -2.01. The Morgan fingerprint density at radius 3 is 2.79 bits per heavy atom. The summed E-state index contributed by atoms with van der Waals surface area (Å²) in [5.41, 5.74) is 0.942. The molecule has 0 aliphatic heterocycles. The Balaban J connectivity index is 2.14. The number of aliphatic carboxylic acids is 1. The first-order chi connectivity index (χ1) is 6.75. The quantitative estimate of drug-likeness (QED) is 0.826. The number of benzene rings is 1. The Bertz CT molecular complexity index is 345. The molecule has 74 valence electrons. The van der Waals surface area contributed by atoms with Crippen molar-refractivity contribution in [2.45, 2.75) is 29.4 Å². The fourth-order valence-electron chi connectivity index (χ4n) is 1.29. The third kappa shape index (κ3) is 2.51. The van der Waals surface area contributed by atoms with Crippen LogP contribution in [0.2, 0.25) is 0 Å². The molecule has 1 N–H and O–H groups in total. The van der Waals surface area contributed by atoms with Gasteiger partial charge in [0.05, 0.1) is 6.42 Å². The van der Waals surface area contributed by atoms with Crippen LogP contribution in [0.5, 0.6) is 0 Å². The van der Waals surface area contributed by atoms with E-state index in [-0.39, 0.29) is 6.42 Å². The molecular weight excluding hydrogens is 196 g/mol. The van der Waals surface area contributed by atoms with Gasteiger partial charge in [0.2, 0.25) is 0 Å². The van der Waals surface area contributed by atoms with Crippen LogP contribution in [0.3, 0.4) is 0 Å². The Labute approximate surface area is 87.3 Å². The molecule has 0 amide bonds. The molecule has 2 nitrogen and oxygen atoms in total. The minimum Gasteiger partial charge on any atom is -0.481 e. The van der Waals surface area contributed by atoms with Gasteiger partial charge in [-0.1, -0.05) is 18.2 Å². The second-order valence-corrected chi connectivity index (χ2v) is 4.84. The van der Waals surface area contributed by atoms with Crippen LogP contribution < -0.4 is 0 Å². The molecule has 1 saturated carbocycles. The van der Waals surface area contributed by atoms with Crippen LogP contribution in [0.4, 0.5) is 0 Å². The number of thioether (sulfide) groups is 1. The van der Waals surface area contributed by atoms with Crippen molar-refractivity contribution >= 4 is 17.7 Å². The van der Waals surface area contributed by atoms with Crippen molar-refractivity contribution in [3.05, 3.63) is 29.8 Å². The molecule has 0 spiro atoms. The van der Waals surface area contributed by atoms with Crippen molar-refractivity contribution in [2.75, 3.05) is 0 Å². The maximum Gasteiger partial charge on any atom is 0.307 e. The van der Waals surface area contributed by atoms with Crippen LogP contribution in [-0.2, 0) is 11.2 Å². The van der Waals surface area contributed by atoms with Gasteiger partial charge in [-0.25, -0.2) is 0 Å². The third-order valence-electron chi connectivity index (χ3n) is 2.13. The molecule has 14 heavy (non-hydrogen) atoms. The van der Waals surface area contributed by atoms with Gasteiger partial charge in [0.25, 0.3) is 0 Å². The number of carbonyl (C=O) groups is 1. The average molecular weight is 208 g/mol. The molecule has 3 heteroatoms. The number of hydrogen-bond donors (Lipinski definition) is 1. The monoisotopic (exact) mass is 208 g/mol. The molecule has 0 saturated heterocycles. The lowest BCUT2D eigenvalue weighted by molar-refractivity contribution is -0.136. The van der Waals surface area contributed by atoms with Gasteiger partial charge in [0, 0.05) is 10.1 Å². The van der Waals surface area contributed by atoms with E-state index in [0.29, 0.717) is 0 Å². The highest BCUT2D eigenvalue weighted by molar-refractivity contribution is 8.00. The average Bonchev–Trinajstić information content (AvgIpc) is 2.91. The maximum atomic E-state index is 10.6. The summed E-state index contributed by atoms with van der Waals surface area (Å²) in [4.78, 5) is 11.7. The van der Waals surface area contributed by atoms with Gasteiger partial charge in [0.15, 0.2) is 0 Å². The molecule has 0 atom stereocenters. The van der Waals surface area contributed by atoms with E-state index in [1.54, 1.807) is 0 Å². The lowest BCUT2D eigenvalue weighted by atomic mass is 10.1. The summed E-state index contributed by atoms with van der Waals surface area (Å²) in [6.45, 7) is 0. The molecule has 0 unspecified atom stereocenters. The summed E-state index contributed by atoms with van der Waals surface area (Å²) < 4.78 is 0. The summed E-state index contributed by atoms with van der Waals surface area (Å²) in [5, 5.41) is 9.46. The normalized spacial score (nSPS) is 15.4. The van der Waals surface area contributed by atoms with E-state index in [9.17, 15) is 4.79 Å². The highest BCUT2D eigenvalue weighted by Crippen LogP contribution is 2.40. The van der Waals surface area contributed by atoms with Gasteiger partial charge in [0.1, 0.15) is 0 Å². The fraction of sp³-hybridized carbons (Fsp3) is 0.364. The largest absolute Gasteiger partial charge is 0.481 e. The predicted octanol–water partition coefficient (Wildman–Crippen LogP) is 2.57. The molecule has 1 aliphatic rings. The SMILES string of the molecule is O=C(O)Cc1ccccc1SC1CC1. The van der Waals surface area contributed by atoms with Crippen molar-refractivity contribution in [3.63, 3.8) is 0 Å². The van der Waals surface area contributed by atoms with Crippen molar-refractivity contribution < 1.29 is 9.90 Å². The first-order valence-electron chi connectivity index (χ1n) is 4.72. The van der Waals surface area contributed by atoms with E-state index in [0.717, 1.165) is 15.7 Å². The van der Waals surface area contributed by atoms with E-state index in [4.69, 9.17) is 5.11 Å².